The van der Waals surface area contributed by atoms with Crippen LogP contribution in [0.3, 0.4) is 0 Å². The number of allylic oxidation sites excluding steroid dienone is 5. The molecule has 0 spiro atoms. The highest BCUT2D eigenvalue weighted by molar-refractivity contribution is 6.08. The van der Waals surface area contributed by atoms with Gasteiger partial charge in [-0.1, -0.05) is 225 Å². The molecule has 1 nitrogen and oxygen atoms in total. The van der Waals surface area contributed by atoms with Crippen LogP contribution in [0.1, 0.15) is 105 Å². The summed E-state index contributed by atoms with van der Waals surface area (Å²) in [6.45, 7) is 25.7. The molecule has 3 aliphatic carbocycles. The van der Waals surface area contributed by atoms with Crippen LogP contribution >= 0.6 is 0 Å². The first-order valence-electron chi connectivity index (χ1n) is 24.9. The van der Waals surface area contributed by atoms with Crippen molar-refractivity contribution >= 4 is 22.6 Å². The molecule has 346 valence electrons. The molecule has 11 rings (SSSR count). The van der Waals surface area contributed by atoms with Gasteiger partial charge in [-0.05, 0) is 167 Å². The minimum Gasteiger partial charge on any atom is -0.253 e. The molecule has 8 aromatic rings. The van der Waals surface area contributed by atoms with E-state index in [0.29, 0.717) is 5.92 Å². The van der Waals surface area contributed by atoms with Gasteiger partial charge < -0.3 is 0 Å². The van der Waals surface area contributed by atoms with Crippen LogP contribution in [0.25, 0.3) is 39.1 Å². The summed E-state index contributed by atoms with van der Waals surface area (Å²) < 4.78 is 0. The molecule has 0 N–H and O–H groups in total. The van der Waals surface area contributed by atoms with E-state index in [4.69, 9.17) is 4.99 Å². The Hall–Kier alpha value is -7.61. The standard InChI is InChI=1S/C36H34.C24H21N.C9H10/c1-23-13-6-8-16-28(23)29-21-22-32(27(5)26(29)4)36(31-18-10-7-14-24(31)2)33-19-11-9-17-30(33)35-25(3)15-12-20-34(35)36;1-16-12-13-20-15-21-10-7-11-22(24(21)23(20)14-16)18(3)25-17(2)19-8-5-4-6-9-19;1-8(2)9-6-4-3-5-7-9/h6-14,16-22,25H,15H2,1-5H3;4-14H,2,15H2,1,3H3;3-7H,1H2,2H3. The third-order valence-corrected chi connectivity index (χ3v) is 14.9. The van der Waals surface area contributed by atoms with Crippen molar-refractivity contribution in [2.75, 3.05) is 0 Å². The van der Waals surface area contributed by atoms with Gasteiger partial charge in [0.25, 0.3) is 0 Å². The van der Waals surface area contributed by atoms with Crippen molar-refractivity contribution in [3.05, 3.63) is 291 Å². The third-order valence-electron chi connectivity index (χ3n) is 14.9. The minimum atomic E-state index is -0.318. The van der Waals surface area contributed by atoms with Gasteiger partial charge >= 0.3 is 0 Å². The maximum atomic E-state index is 4.81. The van der Waals surface area contributed by atoms with E-state index in [0.717, 1.165) is 35.4 Å². The number of aryl methyl sites for hydroxylation is 3. The molecule has 0 amide bonds. The summed E-state index contributed by atoms with van der Waals surface area (Å²) in [6.07, 6.45) is 6.94. The van der Waals surface area contributed by atoms with Gasteiger partial charge in [0, 0.05) is 11.3 Å². The molecule has 0 saturated carbocycles. The summed E-state index contributed by atoms with van der Waals surface area (Å²) in [6, 6.07) is 65.3. The van der Waals surface area contributed by atoms with Crippen molar-refractivity contribution in [2.45, 2.75) is 73.6 Å². The second-order valence-electron chi connectivity index (χ2n) is 19.5. The second kappa shape index (κ2) is 20.2. The molecule has 0 aliphatic heterocycles. The molecule has 1 heteroatoms. The summed E-state index contributed by atoms with van der Waals surface area (Å²) in [5.74, 6) is 0.504. The number of benzene rings is 8. The highest BCUT2D eigenvalue weighted by Crippen LogP contribution is 2.59. The van der Waals surface area contributed by atoms with E-state index in [1.54, 1.807) is 0 Å². The van der Waals surface area contributed by atoms with Gasteiger partial charge in [0.05, 0.1) is 11.1 Å². The van der Waals surface area contributed by atoms with Crippen LogP contribution in [0.5, 0.6) is 0 Å². The second-order valence-corrected chi connectivity index (χ2v) is 19.5. The minimum absolute atomic E-state index is 0.318. The zero-order valence-electron chi connectivity index (χ0n) is 42.3. The quantitative estimate of drug-likeness (QED) is 0.141. The van der Waals surface area contributed by atoms with E-state index < -0.39 is 0 Å². The predicted octanol–water partition coefficient (Wildman–Crippen LogP) is 18.1. The van der Waals surface area contributed by atoms with Crippen molar-refractivity contribution in [1.82, 2.24) is 0 Å². The van der Waals surface area contributed by atoms with Crippen molar-refractivity contribution in [1.29, 1.82) is 0 Å². The molecule has 0 heterocycles. The summed E-state index contributed by atoms with van der Waals surface area (Å²) in [4.78, 5) is 4.81. The molecular weight excluding hydrogens is 843 g/mol. The van der Waals surface area contributed by atoms with Crippen LogP contribution in [-0.2, 0) is 11.8 Å². The Morgan fingerprint density at radius 1 is 0.529 bits per heavy atom. The average Bonchev–Trinajstić information content (AvgIpc) is 3.90. The molecular formula is C69H65N. The normalized spacial score (nSPS) is 16.2. The number of fused-ring (bicyclic) bond motifs is 5. The van der Waals surface area contributed by atoms with Gasteiger partial charge in [0.15, 0.2) is 0 Å². The van der Waals surface area contributed by atoms with E-state index in [9.17, 15) is 0 Å². The number of hydrogen-bond acceptors (Lipinski definition) is 1. The van der Waals surface area contributed by atoms with Gasteiger partial charge in [-0.15, -0.1) is 0 Å². The molecule has 2 atom stereocenters. The molecule has 2 unspecified atom stereocenters. The highest BCUT2D eigenvalue weighted by Gasteiger charge is 2.49. The maximum absolute atomic E-state index is 4.81. The SMILES string of the molecule is C=C(C)c1ccccc1.C=C(N=C(C)c1cccc2c1-c1cc(C)ccc1C2)c1ccccc1.Cc1ccccc1-c1ccc(C2(c3ccccc3C)C3=C(c4ccccc42)C(C)CC=C3)c(C)c1C. The van der Waals surface area contributed by atoms with Gasteiger partial charge in [-0.25, -0.2) is 0 Å². The first-order chi connectivity index (χ1) is 33.9. The lowest BCUT2D eigenvalue weighted by atomic mass is 9.63. The van der Waals surface area contributed by atoms with Crippen molar-refractivity contribution in [3.8, 4) is 22.3 Å². The molecule has 3 aliphatic rings. The zero-order chi connectivity index (χ0) is 49.1. The summed E-state index contributed by atoms with van der Waals surface area (Å²) >= 11 is 0. The highest BCUT2D eigenvalue weighted by atomic mass is 14.8. The largest absolute Gasteiger partial charge is 0.253 e. The third kappa shape index (κ3) is 8.82. The van der Waals surface area contributed by atoms with E-state index in [1.807, 2.05) is 55.5 Å². The lowest BCUT2D eigenvalue weighted by Gasteiger charge is -2.38. The van der Waals surface area contributed by atoms with Gasteiger partial charge in [0.1, 0.15) is 0 Å². The number of rotatable bonds is 7. The van der Waals surface area contributed by atoms with E-state index in [2.05, 4.69) is 207 Å². The Kier molecular flexibility index (Phi) is 13.7. The van der Waals surface area contributed by atoms with Crippen LogP contribution in [0.2, 0.25) is 0 Å². The van der Waals surface area contributed by atoms with Crippen molar-refractivity contribution in [2.24, 2.45) is 10.9 Å². The molecule has 0 radical (unpaired) electrons. The van der Waals surface area contributed by atoms with Crippen molar-refractivity contribution in [3.63, 3.8) is 0 Å². The Balaban J connectivity index is 0.000000154. The van der Waals surface area contributed by atoms with Crippen LogP contribution in [-0.4, -0.2) is 5.71 Å². The zero-order valence-corrected chi connectivity index (χ0v) is 42.3. The summed E-state index contributed by atoms with van der Waals surface area (Å²) in [7, 11) is 0. The predicted molar refractivity (Wildman–Crippen MR) is 302 cm³/mol. The fourth-order valence-corrected chi connectivity index (χ4v) is 11.2. The Morgan fingerprint density at radius 3 is 1.83 bits per heavy atom. The monoisotopic (exact) mass is 908 g/mol. The van der Waals surface area contributed by atoms with Gasteiger partial charge in [0.2, 0.25) is 0 Å². The number of aliphatic imine (C=N–C) groups is 1. The summed E-state index contributed by atoms with van der Waals surface area (Å²) in [5, 5.41) is 0. The molecule has 0 bridgehead atoms. The molecule has 70 heavy (non-hydrogen) atoms. The Labute approximate surface area is 418 Å². The molecule has 0 fully saturated rings. The molecule has 8 aromatic carbocycles. The first kappa shape index (κ1) is 47.5. The van der Waals surface area contributed by atoms with Crippen LogP contribution in [0.15, 0.2) is 218 Å². The number of nitrogens with zero attached hydrogens (tertiary/aromatic N) is 1. The number of hydrogen-bond donors (Lipinski definition) is 0. The maximum Gasteiger partial charge on any atom is 0.0715 e. The average molecular weight is 908 g/mol. The van der Waals surface area contributed by atoms with E-state index in [-0.39, 0.29) is 5.41 Å². The topological polar surface area (TPSA) is 12.4 Å². The Morgan fingerprint density at radius 2 is 1.16 bits per heavy atom. The lowest BCUT2D eigenvalue weighted by Crippen LogP contribution is -2.32. The van der Waals surface area contributed by atoms with E-state index >= 15 is 0 Å². The van der Waals surface area contributed by atoms with E-state index in [1.165, 1.54) is 106 Å². The van der Waals surface area contributed by atoms with Gasteiger partial charge in [-0.2, -0.15) is 0 Å². The Bertz CT molecular complexity index is 3370. The fraction of sp³-hybridized carbons (Fsp3) is 0.174. The van der Waals surface area contributed by atoms with Crippen LogP contribution in [0, 0.1) is 40.5 Å². The van der Waals surface area contributed by atoms with Gasteiger partial charge in [-0.3, -0.25) is 4.99 Å². The van der Waals surface area contributed by atoms with Crippen molar-refractivity contribution < 1.29 is 0 Å². The van der Waals surface area contributed by atoms with Crippen LogP contribution < -0.4 is 0 Å². The fourth-order valence-electron chi connectivity index (χ4n) is 11.2. The van der Waals surface area contributed by atoms with Crippen LogP contribution in [0.4, 0.5) is 0 Å². The smallest absolute Gasteiger partial charge is 0.0715 e. The molecule has 0 saturated heterocycles. The first-order valence-corrected chi connectivity index (χ1v) is 24.9. The lowest BCUT2D eigenvalue weighted by molar-refractivity contribution is 0.715. The summed E-state index contributed by atoms with van der Waals surface area (Å²) in [5.41, 5.74) is 29.6. The molecule has 0 aromatic heterocycles.